The highest BCUT2D eigenvalue weighted by atomic mass is 79.9. The molecule has 1 heterocycles. The molecule has 0 aromatic carbocycles. The van der Waals surface area contributed by atoms with E-state index in [2.05, 4.69) is 25.9 Å². The lowest BCUT2D eigenvalue weighted by molar-refractivity contribution is -0.143. The third-order valence-corrected chi connectivity index (χ3v) is 4.09. The third-order valence-electron chi connectivity index (χ3n) is 3.68. The third kappa shape index (κ3) is 3.89. The molecule has 19 heavy (non-hydrogen) atoms. The fraction of sp³-hybridized carbons (Fsp3) is 0.615. The maximum Gasteiger partial charge on any atom is 0.306 e. The van der Waals surface area contributed by atoms with Crippen molar-refractivity contribution in [3.63, 3.8) is 0 Å². The molecule has 1 aromatic heterocycles. The van der Waals surface area contributed by atoms with Gasteiger partial charge in [0, 0.05) is 26.0 Å². The van der Waals surface area contributed by atoms with Crippen molar-refractivity contribution in [2.45, 2.75) is 25.7 Å². The molecule has 0 radical (unpaired) electrons. The Morgan fingerprint density at radius 3 is 2.47 bits per heavy atom. The molecule has 0 unspecified atom stereocenters. The maximum absolute atomic E-state index is 10.9. The molecule has 0 aliphatic heterocycles. The molecule has 1 fully saturated rings. The Kier molecular flexibility index (Phi) is 4.74. The lowest BCUT2D eigenvalue weighted by atomic mass is 9.82. The molecule has 0 saturated heterocycles. The van der Waals surface area contributed by atoms with Crippen molar-refractivity contribution in [2.24, 2.45) is 11.8 Å². The van der Waals surface area contributed by atoms with Crippen LogP contribution in [0.5, 0.6) is 0 Å². The largest absolute Gasteiger partial charge is 0.481 e. The Morgan fingerprint density at radius 1 is 1.37 bits per heavy atom. The molecule has 2 rings (SSSR count). The van der Waals surface area contributed by atoms with Crippen molar-refractivity contribution in [3.8, 4) is 0 Å². The van der Waals surface area contributed by atoms with Crippen LogP contribution < -0.4 is 4.90 Å². The standard InChI is InChI=1S/C13H18BrN3O2/c1-17(13-15-6-11(14)7-16-13)8-9-2-4-10(5-3-9)12(18)19/h6-7,9-10H,2-5,8H2,1H3,(H,18,19)/t9-,10-. The summed E-state index contributed by atoms with van der Waals surface area (Å²) >= 11 is 3.31. The number of nitrogens with zero attached hydrogens (tertiary/aromatic N) is 3. The summed E-state index contributed by atoms with van der Waals surface area (Å²) in [6.07, 6.45) is 6.99. The summed E-state index contributed by atoms with van der Waals surface area (Å²) in [5, 5.41) is 8.98. The second-order valence-corrected chi connectivity index (χ2v) is 6.05. The molecule has 0 atom stereocenters. The van der Waals surface area contributed by atoms with E-state index in [1.165, 1.54) is 0 Å². The zero-order chi connectivity index (χ0) is 13.8. The van der Waals surface area contributed by atoms with Crippen LogP contribution in [0.25, 0.3) is 0 Å². The van der Waals surface area contributed by atoms with Crippen LogP contribution in [0, 0.1) is 11.8 Å². The van der Waals surface area contributed by atoms with E-state index in [0.29, 0.717) is 11.9 Å². The molecular formula is C13H18BrN3O2. The fourth-order valence-electron chi connectivity index (χ4n) is 2.56. The van der Waals surface area contributed by atoms with Crippen molar-refractivity contribution in [3.05, 3.63) is 16.9 Å². The van der Waals surface area contributed by atoms with E-state index in [1.807, 2.05) is 11.9 Å². The summed E-state index contributed by atoms with van der Waals surface area (Å²) < 4.78 is 0.867. The number of anilines is 1. The monoisotopic (exact) mass is 327 g/mol. The van der Waals surface area contributed by atoms with Crippen LogP contribution in [0.15, 0.2) is 16.9 Å². The molecule has 1 aliphatic rings. The van der Waals surface area contributed by atoms with E-state index in [0.717, 1.165) is 36.7 Å². The first-order valence-corrected chi connectivity index (χ1v) is 7.27. The van der Waals surface area contributed by atoms with Crippen LogP contribution in [-0.4, -0.2) is 34.6 Å². The minimum Gasteiger partial charge on any atom is -0.481 e. The Labute approximate surface area is 121 Å². The van der Waals surface area contributed by atoms with Gasteiger partial charge in [0.25, 0.3) is 0 Å². The molecule has 1 saturated carbocycles. The number of halogens is 1. The van der Waals surface area contributed by atoms with Crippen molar-refractivity contribution in [1.29, 1.82) is 0 Å². The molecule has 0 bridgehead atoms. The van der Waals surface area contributed by atoms with Gasteiger partial charge >= 0.3 is 5.97 Å². The molecule has 1 aromatic rings. The van der Waals surface area contributed by atoms with Gasteiger partial charge in [0.15, 0.2) is 0 Å². The van der Waals surface area contributed by atoms with Crippen LogP contribution in [0.2, 0.25) is 0 Å². The summed E-state index contributed by atoms with van der Waals surface area (Å²) in [6.45, 7) is 0.883. The second-order valence-electron chi connectivity index (χ2n) is 5.14. The van der Waals surface area contributed by atoms with Gasteiger partial charge in [-0.2, -0.15) is 0 Å². The van der Waals surface area contributed by atoms with Crippen LogP contribution in [0.3, 0.4) is 0 Å². The first-order chi connectivity index (χ1) is 9.06. The Hall–Kier alpha value is -1.17. The lowest BCUT2D eigenvalue weighted by Crippen LogP contribution is -2.31. The Bertz CT molecular complexity index is 430. The van der Waals surface area contributed by atoms with Gasteiger partial charge in [0.2, 0.25) is 5.95 Å². The quantitative estimate of drug-likeness (QED) is 0.920. The van der Waals surface area contributed by atoms with E-state index < -0.39 is 5.97 Å². The highest BCUT2D eigenvalue weighted by Crippen LogP contribution is 2.29. The van der Waals surface area contributed by atoms with Crippen molar-refractivity contribution < 1.29 is 9.90 Å². The number of carboxylic acid groups (broad SMARTS) is 1. The number of carboxylic acids is 1. The van der Waals surface area contributed by atoms with Crippen LogP contribution in [-0.2, 0) is 4.79 Å². The van der Waals surface area contributed by atoms with E-state index in [1.54, 1.807) is 12.4 Å². The molecule has 6 heteroatoms. The number of hydrogen-bond acceptors (Lipinski definition) is 4. The number of hydrogen-bond donors (Lipinski definition) is 1. The van der Waals surface area contributed by atoms with E-state index in [4.69, 9.17) is 5.11 Å². The van der Waals surface area contributed by atoms with Gasteiger partial charge in [-0.15, -0.1) is 0 Å². The second kappa shape index (κ2) is 6.32. The number of aliphatic carboxylic acids is 1. The van der Waals surface area contributed by atoms with Crippen LogP contribution in [0.1, 0.15) is 25.7 Å². The highest BCUT2D eigenvalue weighted by Gasteiger charge is 2.26. The van der Waals surface area contributed by atoms with Gasteiger partial charge in [-0.25, -0.2) is 9.97 Å². The van der Waals surface area contributed by atoms with Crippen molar-refractivity contribution in [2.75, 3.05) is 18.5 Å². The van der Waals surface area contributed by atoms with Gasteiger partial charge in [0.1, 0.15) is 0 Å². The maximum atomic E-state index is 10.9. The molecule has 104 valence electrons. The molecule has 1 aliphatic carbocycles. The summed E-state index contributed by atoms with van der Waals surface area (Å²) in [6, 6.07) is 0. The minimum atomic E-state index is -0.650. The molecule has 0 spiro atoms. The summed E-state index contributed by atoms with van der Waals surface area (Å²) in [5.41, 5.74) is 0. The Morgan fingerprint density at radius 2 is 1.95 bits per heavy atom. The van der Waals surface area contributed by atoms with Gasteiger partial charge in [-0.1, -0.05) is 0 Å². The topological polar surface area (TPSA) is 66.3 Å². The number of aromatic nitrogens is 2. The van der Waals surface area contributed by atoms with Crippen LogP contribution >= 0.6 is 15.9 Å². The first-order valence-electron chi connectivity index (χ1n) is 6.47. The van der Waals surface area contributed by atoms with Crippen molar-refractivity contribution in [1.82, 2.24) is 9.97 Å². The fourth-order valence-corrected chi connectivity index (χ4v) is 2.77. The van der Waals surface area contributed by atoms with E-state index in [9.17, 15) is 4.79 Å². The number of carbonyl (C=O) groups is 1. The van der Waals surface area contributed by atoms with Gasteiger partial charge in [0.05, 0.1) is 10.4 Å². The molecular weight excluding hydrogens is 310 g/mol. The smallest absolute Gasteiger partial charge is 0.306 e. The normalized spacial score (nSPS) is 23.1. The zero-order valence-electron chi connectivity index (χ0n) is 10.9. The molecule has 5 nitrogen and oxygen atoms in total. The SMILES string of the molecule is CN(C[C@H]1CC[C@H](C(=O)O)CC1)c1ncc(Br)cn1. The number of rotatable bonds is 4. The summed E-state index contributed by atoms with van der Waals surface area (Å²) in [5.74, 6) is 0.449. The average molecular weight is 328 g/mol. The Balaban J connectivity index is 1.85. The summed E-state index contributed by atoms with van der Waals surface area (Å²) in [7, 11) is 1.98. The predicted molar refractivity (Wildman–Crippen MR) is 76.1 cm³/mol. The molecule has 1 N–H and O–H groups in total. The lowest BCUT2D eigenvalue weighted by Gasteiger charge is -2.29. The zero-order valence-corrected chi connectivity index (χ0v) is 12.5. The van der Waals surface area contributed by atoms with Gasteiger partial charge in [-0.05, 0) is 47.5 Å². The van der Waals surface area contributed by atoms with E-state index in [-0.39, 0.29) is 5.92 Å². The van der Waals surface area contributed by atoms with Gasteiger partial charge < -0.3 is 10.0 Å². The molecule has 0 amide bonds. The van der Waals surface area contributed by atoms with Crippen LogP contribution in [0.4, 0.5) is 5.95 Å². The van der Waals surface area contributed by atoms with Gasteiger partial charge in [-0.3, -0.25) is 4.79 Å². The first kappa shape index (κ1) is 14.2. The van der Waals surface area contributed by atoms with E-state index >= 15 is 0 Å². The minimum absolute atomic E-state index is 0.148. The average Bonchev–Trinajstić information content (AvgIpc) is 2.40. The predicted octanol–water partition coefficient (Wildman–Crippen LogP) is 2.57. The van der Waals surface area contributed by atoms with Crippen molar-refractivity contribution >= 4 is 27.8 Å². The summed E-state index contributed by atoms with van der Waals surface area (Å²) in [4.78, 5) is 21.5. The highest BCUT2D eigenvalue weighted by molar-refractivity contribution is 9.10.